The molecule has 1 atom stereocenters. The molecule has 1 fully saturated rings. The molecule has 11 nitrogen and oxygen atoms in total. The molecule has 27 heavy (non-hydrogen) atoms. The lowest BCUT2D eigenvalue weighted by molar-refractivity contribution is 0.0234. The number of tetrazole rings is 1. The van der Waals surface area contributed by atoms with Gasteiger partial charge >= 0.3 is 0 Å². The van der Waals surface area contributed by atoms with E-state index >= 15 is 0 Å². The van der Waals surface area contributed by atoms with Gasteiger partial charge in [-0.15, -0.1) is 5.10 Å². The fraction of sp³-hybridized carbons (Fsp3) is 0.375. The summed E-state index contributed by atoms with van der Waals surface area (Å²) < 4.78 is 6.42. The van der Waals surface area contributed by atoms with E-state index in [9.17, 15) is 9.90 Å². The molecule has 0 spiro atoms. The molecular formula is C16H18N8O3. The molecular weight excluding hydrogens is 352 g/mol. The summed E-state index contributed by atoms with van der Waals surface area (Å²) in [5, 5.41) is 30.3. The van der Waals surface area contributed by atoms with E-state index in [0.717, 1.165) is 5.56 Å². The average molecular weight is 370 g/mol. The molecule has 0 bridgehead atoms. The third-order valence-corrected chi connectivity index (χ3v) is 4.68. The quantitative estimate of drug-likeness (QED) is 0.551. The Balaban J connectivity index is 1.58. The molecule has 3 heterocycles. The summed E-state index contributed by atoms with van der Waals surface area (Å²) in [6, 6.07) is 3.31. The molecule has 140 valence electrons. The van der Waals surface area contributed by atoms with Crippen molar-refractivity contribution in [1.29, 1.82) is 0 Å². The molecule has 0 aromatic carbocycles. The van der Waals surface area contributed by atoms with Crippen LogP contribution in [0.25, 0.3) is 5.82 Å². The van der Waals surface area contributed by atoms with Crippen molar-refractivity contribution in [1.82, 2.24) is 40.7 Å². The van der Waals surface area contributed by atoms with Gasteiger partial charge in [-0.1, -0.05) is 6.07 Å². The SMILES string of the molecule is COc1ccc([C@@H](NC(=O)c2cn[nH]c2-n2cnnn2)C2CC(O)C2)cn1. The molecule has 1 saturated carbocycles. The van der Waals surface area contributed by atoms with E-state index in [1.54, 1.807) is 19.4 Å². The highest BCUT2D eigenvalue weighted by atomic mass is 16.5. The molecule has 3 N–H and O–H groups in total. The van der Waals surface area contributed by atoms with Gasteiger partial charge in [-0.25, -0.2) is 4.98 Å². The summed E-state index contributed by atoms with van der Waals surface area (Å²) >= 11 is 0. The van der Waals surface area contributed by atoms with Gasteiger partial charge in [-0.05, 0) is 34.7 Å². The molecule has 11 heteroatoms. The number of nitrogens with zero attached hydrogens (tertiary/aromatic N) is 6. The zero-order chi connectivity index (χ0) is 18.8. The van der Waals surface area contributed by atoms with Gasteiger partial charge in [0.2, 0.25) is 5.88 Å². The first-order valence-corrected chi connectivity index (χ1v) is 8.41. The molecule has 4 rings (SSSR count). The number of pyridine rings is 1. The van der Waals surface area contributed by atoms with E-state index in [1.165, 1.54) is 17.2 Å². The number of aliphatic hydroxyl groups excluding tert-OH is 1. The van der Waals surface area contributed by atoms with Gasteiger partial charge in [-0.3, -0.25) is 9.89 Å². The fourth-order valence-electron chi connectivity index (χ4n) is 3.17. The van der Waals surface area contributed by atoms with Crippen molar-refractivity contribution in [2.45, 2.75) is 25.0 Å². The van der Waals surface area contributed by atoms with Crippen molar-refractivity contribution >= 4 is 5.91 Å². The van der Waals surface area contributed by atoms with Crippen molar-refractivity contribution < 1.29 is 14.6 Å². The third kappa shape index (κ3) is 3.36. The number of methoxy groups -OCH3 is 1. The lowest BCUT2D eigenvalue weighted by Gasteiger charge is -2.38. The normalized spacial score (nSPS) is 19.9. The summed E-state index contributed by atoms with van der Waals surface area (Å²) in [5.74, 6) is 0.657. The van der Waals surface area contributed by atoms with Crippen LogP contribution in [0.2, 0.25) is 0 Å². The van der Waals surface area contributed by atoms with E-state index in [4.69, 9.17) is 4.74 Å². The minimum atomic E-state index is -0.341. The molecule has 0 unspecified atom stereocenters. The van der Waals surface area contributed by atoms with Crippen molar-refractivity contribution in [2.24, 2.45) is 5.92 Å². The summed E-state index contributed by atoms with van der Waals surface area (Å²) in [6.07, 6.45) is 5.35. The van der Waals surface area contributed by atoms with Gasteiger partial charge in [0.15, 0.2) is 5.82 Å². The number of aromatic amines is 1. The molecule has 0 aliphatic heterocycles. The molecule has 3 aromatic heterocycles. The summed E-state index contributed by atoms with van der Waals surface area (Å²) in [5.41, 5.74) is 1.15. The van der Waals surface area contributed by atoms with Gasteiger partial charge in [-0.2, -0.15) is 9.78 Å². The Labute approximate surface area is 153 Å². The van der Waals surface area contributed by atoms with E-state index in [-0.39, 0.29) is 24.0 Å². The minimum absolute atomic E-state index is 0.113. The van der Waals surface area contributed by atoms with Crippen molar-refractivity contribution in [2.75, 3.05) is 7.11 Å². The molecule has 1 amide bonds. The number of H-pyrrole nitrogens is 1. The second kappa shape index (κ2) is 7.11. The number of carbonyl (C=O) groups is 1. The predicted octanol–water partition coefficient (Wildman–Crippen LogP) is 0.0310. The summed E-state index contributed by atoms with van der Waals surface area (Å²) in [6.45, 7) is 0. The van der Waals surface area contributed by atoms with Gasteiger partial charge in [0.25, 0.3) is 5.91 Å². The number of carbonyl (C=O) groups excluding carboxylic acids is 1. The maximum Gasteiger partial charge on any atom is 0.257 e. The number of hydrogen-bond donors (Lipinski definition) is 3. The fourth-order valence-corrected chi connectivity index (χ4v) is 3.17. The Kier molecular flexibility index (Phi) is 4.50. The van der Waals surface area contributed by atoms with E-state index < -0.39 is 0 Å². The number of rotatable bonds is 6. The third-order valence-electron chi connectivity index (χ3n) is 4.68. The van der Waals surface area contributed by atoms with Crippen molar-refractivity contribution in [3.8, 4) is 11.7 Å². The molecule has 0 saturated heterocycles. The molecule has 3 aromatic rings. The Hall–Kier alpha value is -3.34. The molecule has 0 radical (unpaired) electrons. The Morgan fingerprint density at radius 2 is 2.26 bits per heavy atom. The lowest BCUT2D eigenvalue weighted by Crippen LogP contribution is -2.41. The highest BCUT2D eigenvalue weighted by molar-refractivity contribution is 5.97. The largest absolute Gasteiger partial charge is 0.481 e. The smallest absolute Gasteiger partial charge is 0.257 e. The second-order valence-corrected chi connectivity index (χ2v) is 6.36. The standard InChI is InChI=1S/C16H18N8O3/c1-27-13-3-2-9(6-17-13)14(10-4-11(25)5-10)20-16(26)12-7-18-21-15(12)24-8-19-22-23-24/h2-3,6-8,10-11,14,25H,4-5H2,1H3,(H,18,21)(H,20,26)/t10?,11?,14-/m1/s1. The van der Waals surface area contributed by atoms with Crippen molar-refractivity contribution in [3.63, 3.8) is 0 Å². The van der Waals surface area contributed by atoms with Crippen LogP contribution in [0.4, 0.5) is 0 Å². The Morgan fingerprint density at radius 3 is 2.89 bits per heavy atom. The number of hydrogen-bond acceptors (Lipinski definition) is 8. The van der Waals surface area contributed by atoms with Crippen LogP contribution >= 0.6 is 0 Å². The molecule has 1 aliphatic rings. The lowest BCUT2D eigenvalue weighted by atomic mass is 9.75. The van der Waals surface area contributed by atoms with Gasteiger partial charge < -0.3 is 15.2 Å². The number of aliphatic hydroxyl groups is 1. The van der Waals surface area contributed by atoms with E-state index in [1.807, 2.05) is 6.07 Å². The van der Waals surface area contributed by atoms with Gasteiger partial charge in [0, 0.05) is 12.3 Å². The van der Waals surface area contributed by atoms with Crippen LogP contribution in [0.5, 0.6) is 5.88 Å². The van der Waals surface area contributed by atoms with Crippen LogP contribution in [0, 0.1) is 5.92 Å². The highest BCUT2D eigenvalue weighted by Gasteiger charge is 2.36. The van der Waals surface area contributed by atoms with Crippen LogP contribution in [0.15, 0.2) is 30.9 Å². The first-order chi connectivity index (χ1) is 13.2. The van der Waals surface area contributed by atoms with Crippen LogP contribution in [-0.2, 0) is 0 Å². The maximum atomic E-state index is 12.9. The molecule has 1 aliphatic carbocycles. The second-order valence-electron chi connectivity index (χ2n) is 6.36. The topological polar surface area (TPSA) is 144 Å². The summed E-state index contributed by atoms with van der Waals surface area (Å²) in [7, 11) is 1.54. The van der Waals surface area contributed by atoms with Crippen molar-refractivity contribution in [3.05, 3.63) is 42.0 Å². The average Bonchev–Trinajstić information content (AvgIpc) is 3.35. The van der Waals surface area contributed by atoms with Gasteiger partial charge in [0.05, 0.1) is 25.5 Å². The predicted molar refractivity (Wildman–Crippen MR) is 91.0 cm³/mol. The first kappa shape index (κ1) is 17.1. The summed E-state index contributed by atoms with van der Waals surface area (Å²) in [4.78, 5) is 17.1. The number of ether oxygens (including phenoxy) is 1. The zero-order valence-corrected chi connectivity index (χ0v) is 14.5. The van der Waals surface area contributed by atoms with Crippen LogP contribution in [-0.4, -0.2) is 59.6 Å². The highest BCUT2D eigenvalue weighted by Crippen LogP contribution is 2.38. The van der Waals surface area contributed by atoms with Gasteiger partial charge in [0.1, 0.15) is 11.9 Å². The minimum Gasteiger partial charge on any atom is -0.481 e. The number of nitrogens with one attached hydrogen (secondary N) is 2. The Bertz CT molecular complexity index is 902. The number of aromatic nitrogens is 7. The first-order valence-electron chi connectivity index (χ1n) is 8.41. The Morgan fingerprint density at radius 1 is 1.41 bits per heavy atom. The maximum absolute atomic E-state index is 12.9. The van der Waals surface area contributed by atoms with E-state index in [0.29, 0.717) is 30.1 Å². The van der Waals surface area contributed by atoms with E-state index in [2.05, 4.69) is 36.0 Å². The van der Waals surface area contributed by atoms with Crippen LogP contribution in [0.1, 0.15) is 34.8 Å². The monoisotopic (exact) mass is 370 g/mol. The van der Waals surface area contributed by atoms with Crippen LogP contribution in [0.3, 0.4) is 0 Å². The zero-order valence-electron chi connectivity index (χ0n) is 14.5. The van der Waals surface area contributed by atoms with Crippen LogP contribution < -0.4 is 10.1 Å². The number of amides is 1.